The van der Waals surface area contributed by atoms with Gasteiger partial charge in [0.1, 0.15) is 0 Å². The van der Waals surface area contributed by atoms with Gasteiger partial charge in [0.05, 0.1) is 8.07 Å². The van der Waals surface area contributed by atoms with Crippen LogP contribution in [0.3, 0.4) is 0 Å². The molecule has 1 nitrogen and oxygen atoms in total. The van der Waals surface area contributed by atoms with Gasteiger partial charge in [-0.05, 0) is 31.4 Å². The molecule has 2 heteroatoms. The van der Waals surface area contributed by atoms with E-state index >= 15 is 0 Å². The van der Waals surface area contributed by atoms with E-state index in [0.29, 0.717) is 5.78 Å². The molecule has 78 valence electrons. The Morgan fingerprint density at radius 2 is 1.86 bits per heavy atom. The lowest BCUT2D eigenvalue weighted by Crippen LogP contribution is -2.22. The van der Waals surface area contributed by atoms with Crippen molar-refractivity contribution in [3.63, 3.8) is 0 Å². The minimum Gasteiger partial charge on any atom is -0.295 e. The highest BCUT2D eigenvalue weighted by Gasteiger charge is 2.20. The number of hydrogen-bond acceptors (Lipinski definition) is 1. The average molecular weight is 208 g/mol. The predicted octanol–water partition coefficient (Wildman–Crippen LogP) is 3.49. The van der Waals surface area contributed by atoms with Crippen LogP contribution in [0.4, 0.5) is 0 Å². The molecule has 1 aliphatic carbocycles. The topological polar surface area (TPSA) is 17.1 Å². The van der Waals surface area contributed by atoms with Crippen LogP contribution in [0, 0.1) is 0 Å². The molecule has 0 N–H and O–H groups in total. The molecule has 0 saturated heterocycles. The second kappa shape index (κ2) is 3.85. The summed E-state index contributed by atoms with van der Waals surface area (Å²) in [6, 6.07) is 0. The van der Waals surface area contributed by atoms with Gasteiger partial charge in [0, 0.05) is 6.42 Å². The standard InChI is InChI=1S/C12H20OSi/c1-9(14(3,4)5)8-11-6-7-12(13)10(11)2/h8H,6-7H2,1-5H3/b9-8+. The van der Waals surface area contributed by atoms with Crippen molar-refractivity contribution in [1.29, 1.82) is 0 Å². The first-order chi connectivity index (χ1) is 6.32. The van der Waals surface area contributed by atoms with Crippen molar-refractivity contribution >= 4 is 13.9 Å². The van der Waals surface area contributed by atoms with Gasteiger partial charge in [-0.3, -0.25) is 4.79 Å². The van der Waals surface area contributed by atoms with E-state index in [4.69, 9.17) is 0 Å². The first-order valence-electron chi connectivity index (χ1n) is 5.24. The molecule has 0 aliphatic heterocycles. The summed E-state index contributed by atoms with van der Waals surface area (Å²) < 4.78 is 0. The van der Waals surface area contributed by atoms with Gasteiger partial charge < -0.3 is 0 Å². The molecule has 0 bridgehead atoms. The number of Topliss-reactive ketones (excluding diaryl/α,β-unsaturated/α-hetero) is 1. The van der Waals surface area contributed by atoms with Gasteiger partial charge in [0.15, 0.2) is 5.78 Å². The van der Waals surface area contributed by atoms with E-state index in [1.807, 2.05) is 6.92 Å². The Hall–Kier alpha value is -0.633. The maximum absolute atomic E-state index is 11.3. The number of allylic oxidation sites excluding steroid dienone is 4. The van der Waals surface area contributed by atoms with Crippen LogP contribution in [0.5, 0.6) is 0 Å². The van der Waals surface area contributed by atoms with Crippen LogP contribution in [0.25, 0.3) is 0 Å². The summed E-state index contributed by atoms with van der Waals surface area (Å²) in [6.07, 6.45) is 3.93. The molecule has 0 aromatic heterocycles. The number of carbonyl (C=O) groups is 1. The van der Waals surface area contributed by atoms with E-state index in [9.17, 15) is 4.79 Å². The van der Waals surface area contributed by atoms with E-state index in [-0.39, 0.29) is 0 Å². The lowest BCUT2D eigenvalue weighted by Gasteiger charge is -2.17. The Morgan fingerprint density at radius 3 is 2.21 bits per heavy atom. The summed E-state index contributed by atoms with van der Waals surface area (Å²) in [6.45, 7) is 11.2. The van der Waals surface area contributed by atoms with E-state index in [1.54, 1.807) is 0 Å². The summed E-state index contributed by atoms with van der Waals surface area (Å²) in [5, 5.41) is 1.49. The fraction of sp³-hybridized carbons (Fsp3) is 0.583. The number of hydrogen-bond donors (Lipinski definition) is 0. The summed E-state index contributed by atoms with van der Waals surface area (Å²) in [4.78, 5) is 11.3. The molecule has 1 rings (SSSR count). The minimum atomic E-state index is -1.16. The molecular formula is C12H20OSi. The van der Waals surface area contributed by atoms with Crippen LogP contribution in [-0.4, -0.2) is 13.9 Å². The number of ketones is 1. The SMILES string of the molecule is CC1=C(/C=C(\C)[Si](C)(C)C)CCC1=O. The van der Waals surface area contributed by atoms with Crippen LogP contribution in [0.2, 0.25) is 19.6 Å². The maximum Gasteiger partial charge on any atom is 0.159 e. The largest absolute Gasteiger partial charge is 0.295 e. The molecular weight excluding hydrogens is 188 g/mol. The van der Waals surface area contributed by atoms with Crippen LogP contribution in [-0.2, 0) is 4.79 Å². The maximum atomic E-state index is 11.3. The first-order valence-corrected chi connectivity index (χ1v) is 8.74. The van der Waals surface area contributed by atoms with Crippen molar-refractivity contribution in [2.75, 3.05) is 0 Å². The third-order valence-electron chi connectivity index (χ3n) is 3.10. The van der Waals surface area contributed by atoms with Crippen molar-refractivity contribution in [1.82, 2.24) is 0 Å². The van der Waals surface area contributed by atoms with Gasteiger partial charge in [0.2, 0.25) is 0 Å². The summed E-state index contributed by atoms with van der Waals surface area (Å²) in [5.74, 6) is 0.333. The smallest absolute Gasteiger partial charge is 0.159 e. The lowest BCUT2D eigenvalue weighted by molar-refractivity contribution is -0.114. The van der Waals surface area contributed by atoms with E-state index in [2.05, 4.69) is 32.6 Å². The van der Waals surface area contributed by atoms with E-state index in [0.717, 1.165) is 18.4 Å². The fourth-order valence-electron chi connectivity index (χ4n) is 1.46. The van der Waals surface area contributed by atoms with Gasteiger partial charge >= 0.3 is 0 Å². The Labute approximate surface area is 87.9 Å². The normalized spacial score (nSPS) is 19.5. The van der Waals surface area contributed by atoms with Gasteiger partial charge in [0.25, 0.3) is 0 Å². The van der Waals surface area contributed by atoms with Gasteiger partial charge in [-0.25, -0.2) is 0 Å². The van der Waals surface area contributed by atoms with Gasteiger partial charge in [-0.1, -0.05) is 30.9 Å². The Balaban J connectivity index is 2.94. The Kier molecular flexibility index (Phi) is 3.15. The summed E-state index contributed by atoms with van der Waals surface area (Å²) in [7, 11) is -1.16. The fourth-order valence-corrected chi connectivity index (χ4v) is 2.07. The third kappa shape index (κ3) is 2.44. The third-order valence-corrected chi connectivity index (χ3v) is 5.61. The van der Waals surface area contributed by atoms with Crippen molar-refractivity contribution in [3.8, 4) is 0 Å². The average Bonchev–Trinajstić information content (AvgIpc) is 2.34. The van der Waals surface area contributed by atoms with Crippen LogP contribution in [0.1, 0.15) is 26.7 Å². The molecule has 0 aromatic rings. The van der Waals surface area contributed by atoms with Gasteiger partial charge in [-0.15, -0.1) is 0 Å². The zero-order chi connectivity index (χ0) is 10.9. The summed E-state index contributed by atoms with van der Waals surface area (Å²) >= 11 is 0. The highest BCUT2D eigenvalue weighted by atomic mass is 28.3. The molecule has 0 spiro atoms. The van der Waals surface area contributed by atoms with Crippen LogP contribution < -0.4 is 0 Å². The molecule has 0 amide bonds. The number of carbonyl (C=O) groups excluding carboxylic acids is 1. The van der Waals surface area contributed by atoms with Crippen molar-refractivity contribution in [3.05, 3.63) is 22.4 Å². The highest BCUT2D eigenvalue weighted by Crippen LogP contribution is 2.26. The predicted molar refractivity (Wildman–Crippen MR) is 64.0 cm³/mol. The molecule has 0 saturated carbocycles. The van der Waals surface area contributed by atoms with E-state index in [1.165, 1.54) is 10.8 Å². The second-order valence-electron chi connectivity index (χ2n) is 5.15. The van der Waals surface area contributed by atoms with E-state index < -0.39 is 8.07 Å². The van der Waals surface area contributed by atoms with Crippen LogP contribution >= 0.6 is 0 Å². The minimum absolute atomic E-state index is 0.333. The monoisotopic (exact) mass is 208 g/mol. The molecule has 14 heavy (non-hydrogen) atoms. The molecule has 0 unspecified atom stereocenters. The molecule has 0 aromatic carbocycles. The Bertz CT molecular complexity index is 316. The number of rotatable bonds is 2. The van der Waals surface area contributed by atoms with Crippen molar-refractivity contribution < 1.29 is 4.79 Å². The summed E-state index contributed by atoms with van der Waals surface area (Å²) in [5.41, 5.74) is 2.26. The quantitative estimate of drug-likeness (QED) is 0.635. The first kappa shape index (κ1) is 11.4. The molecule has 0 fully saturated rings. The molecule has 1 aliphatic rings. The van der Waals surface area contributed by atoms with Crippen molar-refractivity contribution in [2.24, 2.45) is 0 Å². The lowest BCUT2D eigenvalue weighted by atomic mass is 10.1. The second-order valence-corrected chi connectivity index (χ2v) is 10.4. The molecule has 0 atom stereocenters. The zero-order valence-corrected chi connectivity index (χ0v) is 10.9. The Morgan fingerprint density at radius 1 is 1.29 bits per heavy atom. The van der Waals surface area contributed by atoms with Crippen LogP contribution in [0.15, 0.2) is 22.4 Å². The highest BCUT2D eigenvalue weighted by molar-refractivity contribution is 6.83. The molecule has 0 heterocycles. The van der Waals surface area contributed by atoms with Crippen molar-refractivity contribution in [2.45, 2.75) is 46.3 Å². The zero-order valence-electron chi connectivity index (χ0n) is 9.90. The molecule has 0 radical (unpaired) electrons. The van der Waals surface area contributed by atoms with Gasteiger partial charge in [-0.2, -0.15) is 0 Å².